The molecule has 2 N–H and O–H groups in total. The minimum atomic E-state index is -0.787. The summed E-state index contributed by atoms with van der Waals surface area (Å²) in [6, 6.07) is 4.61. The fourth-order valence-electron chi connectivity index (χ4n) is 2.42. The molecule has 0 saturated carbocycles. The Bertz CT molecular complexity index is 387. The predicted molar refractivity (Wildman–Crippen MR) is 68.4 cm³/mol. The number of benzene rings is 1. The Morgan fingerprint density at radius 2 is 2.06 bits per heavy atom. The molecule has 0 aromatic heterocycles. The van der Waals surface area contributed by atoms with Gasteiger partial charge >= 0.3 is 0 Å². The molecule has 1 fully saturated rings. The van der Waals surface area contributed by atoms with Crippen LogP contribution < -0.4 is 10.6 Å². The minimum Gasteiger partial charge on any atom is -0.317 e. The summed E-state index contributed by atoms with van der Waals surface area (Å²) in [5.41, 5.74) is 0.797. The molecule has 0 aliphatic carbocycles. The highest BCUT2D eigenvalue weighted by atomic mass is 19.2. The topological polar surface area (TPSA) is 24.1 Å². The van der Waals surface area contributed by atoms with E-state index in [1.807, 2.05) is 6.92 Å². The highest BCUT2D eigenvalue weighted by Crippen LogP contribution is 2.18. The quantitative estimate of drug-likeness (QED) is 0.866. The molecule has 2 atom stereocenters. The number of halogens is 2. The molecule has 100 valence electrons. The lowest BCUT2D eigenvalue weighted by atomic mass is 10.0. The second-order valence-corrected chi connectivity index (χ2v) is 4.94. The molecule has 0 radical (unpaired) electrons. The third kappa shape index (κ3) is 3.50. The Hall–Kier alpha value is -1.00. The molecule has 2 nitrogen and oxygen atoms in total. The number of rotatable bonds is 3. The van der Waals surface area contributed by atoms with E-state index in [0.29, 0.717) is 6.04 Å². The Labute approximate surface area is 107 Å². The van der Waals surface area contributed by atoms with Gasteiger partial charge in [0.25, 0.3) is 0 Å². The Balaban J connectivity index is 1.97. The van der Waals surface area contributed by atoms with Gasteiger partial charge in [-0.25, -0.2) is 8.78 Å². The van der Waals surface area contributed by atoms with Crippen molar-refractivity contribution in [1.29, 1.82) is 0 Å². The largest absolute Gasteiger partial charge is 0.317 e. The molecule has 1 aromatic carbocycles. The standard InChI is InChI=1S/C14H20F2N2/c1-10(11-4-5-13(15)14(16)9-11)18-12-3-2-7-17-8-6-12/h4-5,9-10,12,17-18H,2-3,6-8H2,1H3. The van der Waals surface area contributed by atoms with Gasteiger partial charge in [0.05, 0.1) is 0 Å². The molecule has 1 aliphatic rings. The zero-order chi connectivity index (χ0) is 13.0. The van der Waals surface area contributed by atoms with Gasteiger partial charge in [0.1, 0.15) is 0 Å². The van der Waals surface area contributed by atoms with Gasteiger partial charge in [-0.1, -0.05) is 6.07 Å². The fourth-order valence-corrected chi connectivity index (χ4v) is 2.42. The maximum Gasteiger partial charge on any atom is 0.159 e. The van der Waals surface area contributed by atoms with Crippen molar-refractivity contribution in [2.75, 3.05) is 13.1 Å². The minimum absolute atomic E-state index is 0.0446. The molecule has 0 amide bonds. The van der Waals surface area contributed by atoms with E-state index in [1.54, 1.807) is 6.07 Å². The van der Waals surface area contributed by atoms with Gasteiger partial charge in [-0.15, -0.1) is 0 Å². The van der Waals surface area contributed by atoms with E-state index in [0.717, 1.165) is 37.9 Å². The SMILES string of the molecule is CC(NC1CCCNCC1)c1ccc(F)c(F)c1. The highest BCUT2D eigenvalue weighted by Gasteiger charge is 2.16. The third-order valence-electron chi connectivity index (χ3n) is 3.51. The average molecular weight is 254 g/mol. The first kappa shape index (κ1) is 13.4. The van der Waals surface area contributed by atoms with Gasteiger partial charge in [-0.2, -0.15) is 0 Å². The summed E-state index contributed by atoms with van der Waals surface area (Å²) in [6.07, 6.45) is 3.36. The monoisotopic (exact) mass is 254 g/mol. The molecular weight excluding hydrogens is 234 g/mol. The molecule has 1 heterocycles. The van der Waals surface area contributed by atoms with Gasteiger partial charge in [-0.05, 0) is 57.0 Å². The number of nitrogens with one attached hydrogen (secondary N) is 2. The van der Waals surface area contributed by atoms with E-state index < -0.39 is 11.6 Å². The summed E-state index contributed by atoms with van der Waals surface area (Å²) in [7, 11) is 0. The molecular formula is C14H20F2N2. The number of hydrogen-bond acceptors (Lipinski definition) is 2. The molecule has 0 spiro atoms. The summed E-state index contributed by atoms with van der Waals surface area (Å²) in [5.74, 6) is -1.56. The van der Waals surface area contributed by atoms with Gasteiger partial charge in [0.2, 0.25) is 0 Å². The van der Waals surface area contributed by atoms with E-state index in [9.17, 15) is 8.78 Å². The van der Waals surface area contributed by atoms with Crippen LogP contribution in [0.5, 0.6) is 0 Å². The van der Waals surface area contributed by atoms with Crippen molar-refractivity contribution in [3.05, 3.63) is 35.4 Å². The van der Waals surface area contributed by atoms with E-state index >= 15 is 0 Å². The Morgan fingerprint density at radius 1 is 1.22 bits per heavy atom. The van der Waals surface area contributed by atoms with Crippen molar-refractivity contribution in [3.8, 4) is 0 Å². The van der Waals surface area contributed by atoms with Gasteiger partial charge < -0.3 is 10.6 Å². The van der Waals surface area contributed by atoms with Crippen LogP contribution in [-0.4, -0.2) is 19.1 Å². The second-order valence-electron chi connectivity index (χ2n) is 4.94. The zero-order valence-corrected chi connectivity index (χ0v) is 10.7. The molecule has 0 bridgehead atoms. The third-order valence-corrected chi connectivity index (χ3v) is 3.51. The van der Waals surface area contributed by atoms with E-state index in [4.69, 9.17) is 0 Å². The van der Waals surface area contributed by atoms with Crippen LogP contribution >= 0.6 is 0 Å². The van der Waals surface area contributed by atoms with E-state index in [1.165, 1.54) is 12.1 Å². The van der Waals surface area contributed by atoms with Crippen LogP contribution in [-0.2, 0) is 0 Å². The van der Waals surface area contributed by atoms with E-state index in [2.05, 4.69) is 10.6 Å². The molecule has 1 aromatic rings. The molecule has 18 heavy (non-hydrogen) atoms. The second kappa shape index (κ2) is 6.25. The van der Waals surface area contributed by atoms with Crippen LogP contribution in [0.4, 0.5) is 8.78 Å². The Morgan fingerprint density at radius 3 is 2.83 bits per heavy atom. The van der Waals surface area contributed by atoms with Gasteiger partial charge in [0, 0.05) is 12.1 Å². The lowest BCUT2D eigenvalue weighted by Gasteiger charge is -2.22. The van der Waals surface area contributed by atoms with Crippen LogP contribution in [0.2, 0.25) is 0 Å². The van der Waals surface area contributed by atoms with Crippen LogP contribution in [0, 0.1) is 11.6 Å². The van der Waals surface area contributed by atoms with Crippen molar-refractivity contribution in [1.82, 2.24) is 10.6 Å². The lowest BCUT2D eigenvalue weighted by molar-refractivity contribution is 0.418. The molecule has 2 unspecified atom stereocenters. The number of hydrogen-bond donors (Lipinski definition) is 2. The first-order chi connectivity index (χ1) is 8.66. The van der Waals surface area contributed by atoms with Gasteiger partial charge in [-0.3, -0.25) is 0 Å². The van der Waals surface area contributed by atoms with Crippen molar-refractivity contribution in [2.24, 2.45) is 0 Å². The Kier molecular flexibility index (Phi) is 4.66. The van der Waals surface area contributed by atoms with Crippen LogP contribution in [0.3, 0.4) is 0 Å². The summed E-state index contributed by atoms with van der Waals surface area (Å²) in [5, 5.41) is 6.85. The highest BCUT2D eigenvalue weighted by molar-refractivity contribution is 5.20. The average Bonchev–Trinajstić information content (AvgIpc) is 2.61. The fraction of sp³-hybridized carbons (Fsp3) is 0.571. The van der Waals surface area contributed by atoms with Crippen LogP contribution in [0.25, 0.3) is 0 Å². The van der Waals surface area contributed by atoms with Crippen molar-refractivity contribution in [2.45, 2.75) is 38.3 Å². The van der Waals surface area contributed by atoms with Crippen molar-refractivity contribution >= 4 is 0 Å². The summed E-state index contributed by atoms with van der Waals surface area (Å²) >= 11 is 0. The molecule has 1 aliphatic heterocycles. The molecule has 4 heteroatoms. The summed E-state index contributed by atoms with van der Waals surface area (Å²) in [4.78, 5) is 0. The predicted octanol–water partition coefficient (Wildman–Crippen LogP) is 2.76. The lowest BCUT2D eigenvalue weighted by Crippen LogP contribution is -2.32. The van der Waals surface area contributed by atoms with Gasteiger partial charge in [0.15, 0.2) is 11.6 Å². The smallest absolute Gasteiger partial charge is 0.159 e. The van der Waals surface area contributed by atoms with Crippen molar-refractivity contribution in [3.63, 3.8) is 0 Å². The molecule has 1 saturated heterocycles. The first-order valence-corrected chi connectivity index (χ1v) is 6.58. The normalized spacial score (nSPS) is 22.5. The maximum atomic E-state index is 13.2. The van der Waals surface area contributed by atoms with Crippen LogP contribution in [0.1, 0.15) is 37.8 Å². The van der Waals surface area contributed by atoms with Crippen LogP contribution in [0.15, 0.2) is 18.2 Å². The van der Waals surface area contributed by atoms with E-state index in [-0.39, 0.29) is 6.04 Å². The van der Waals surface area contributed by atoms with Crippen molar-refractivity contribution < 1.29 is 8.78 Å². The first-order valence-electron chi connectivity index (χ1n) is 6.58. The maximum absolute atomic E-state index is 13.2. The zero-order valence-electron chi connectivity index (χ0n) is 10.7. The summed E-state index contributed by atoms with van der Waals surface area (Å²) in [6.45, 7) is 4.07. The summed E-state index contributed by atoms with van der Waals surface area (Å²) < 4.78 is 26.0. The molecule has 2 rings (SSSR count).